The highest BCUT2D eigenvalue weighted by Crippen LogP contribution is 2.32. The van der Waals surface area contributed by atoms with Gasteiger partial charge in [-0.1, -0.05) is 35.3 Å². The Kier molecular flexibility index (Phi) is 5.74. The van der Waals surface area contributed by atoms with Crippen molar-refractivity contribution in [3.63, 3.8) is 0 Å². The van der Waals surface area contributed by atoms with Gasteiger partial charge >= 0.3 is 6.16 Å². The van der Waals surface area contributed by atoms with Crippen molar-refractivity contribution in [3.8, 4) is 11.5 Å². The smallest absolute Gasteiger partial charge is 0.487 e. The molecular formula is C17H16Cl2O4. The minimum Gasteiger partial charge on any atom is -0.487 e. The van der Waals surface area contributed by atoms with Crippen LogP contribution in [0.3, 0.4) is 0 Å². The van der Waals surface area contributed by atoms with Gasteiger partial charge in [-0.2, -0.15) is 0 Å². The molecule has 0 radical (unpaired) electrons. The lowest BCUT2D eigenvalue weighted by Crippen LogP contribution is -2.10. The second-order valence-electron chi connectivity index (χ2n) is 4.93. The molecule has 23 heavy (non-hydrogen) atoms. The topological polar surface area (TPSA) is 44.8 Å². The van der Waals surface area contributed by atoms with Crippen LogP contribution in [-0.2, 0) is 11.3 Å². The van der Waals surface area contributed by atoms with Gasteiger partial charge in [0.15, 0.2) is 0 Å². The molecule has 0 aliphatic heterocycles. The molecule has 2 aromatic carbocycles. The average molecular weight is 355 g/mol. The summed E-state index contributed by atoms with van der Waals surface area (Å²) < 4.78 is 15.4. The molecule has 2 aromatic rings. The van der Waals surface area contributed by atoms with E-state index in [4.69, 9.17) is 32.7 Å². The van der Waals surface area contributed by atoms with Crippen molar-refractivity contribution >= 4 is 29.4 Å². The van der Waals surface area contributed by atoms with E-state index in [1.165, 1.54) is 7.11 Å². The maximum atomic E-state index is 11.3. The summed E-state index contributed by atoms with van der Waals surface area (Å²) in [5.74, 6) is 0.848. The second-order valence-corrected chi connectivity index (χ2v) is 5.74. The first-order valence-electron chi connectivity index (χ1n) is 6.85. The summed E-state index contributed by atoms with van der Waals surface area (Å²) in [5.41, 5.74) is 2.51. The van der Waals surface area contributed by atoms with Gasteiger partial charge in [-0.3, -0.25) is 0 Å². The molecule has 0 spiro atoms. The molecule has 0 aromatic heterocycles. The number of aryl methyl sites for hydroxylation is 2. The average Bonchev–Trinajstić information content (AvgIpc) is 2.51. The van der Waals surface area contributed by atoms with Gasteiger partial charge in [0, 0.05) is 16.7 Å². The molecule has 0 fully saturated rings. The van der Waals surface area contributed by atoms with E-state index in [0.29, 0.717) is 21.5 Å². The highest BCUT2D eigenvalue weighted by atomic mass is 35.5. The van der Waals surface area contributed by atoms with Gasteiger partial charge in [-0.05, 0) is 37.1 Å². The van der Waals surface area contributed by atoms with Crippen LogP contribution in [-0.4, -0.2) is 13.3 Å². The van der Waals surface area contributed by atoms with Crippen LogP contribution in [0.5, 0.6) is 11.5 Å². The number of benzene rings is 2. The number of hydrogen-bond acceptors (Lipinski definition) is 4. The lowest BCUT2D eigenvalue weighted by atomic mass is 10.1. The van der Waals surface area contributed by atoms with Crippen molar-refractivity contribution in [1.29, 1.82) is 0 Å². The van der Waals surface area contributed by atoms with Gasteiger partial charge in [0.05, 0.1) is 12.1 Å². The van der Waals surface area contributed by atoms with Gasteiger partial charge in [0.1, 0.15) is 18.1 Å². The van der Waals surface area contributed by atoms with Crippen molar-refractivity contribution in [2.45, 2.75) is 20.5 Å². The molecule has 0 saturated heterocycles. The van der Waals surface area contributed by atoms with Crippen LogP contribution >= 0.6 is 23.2 Å². The highest BCUT2D eigenvalue weighted by Gasteiger charge is 2.13. The van der Waals surface area contributed by atoms with Gasteiger partial charge in [0.25, 0.3) is 0 Å². The summed E-state index contributed by atoms with van der Waals surface area (Å²) in [6.45, 7) is 3.94. The van der Waals surface area contributed by atoms with E-state index >= 15 is 0 Å². The lowest BCUT2D eigenvalue weighted by Gasteiger charge is -2.14. The molecule has 0 heterocycles. The summed E-state index contributed by atoms with van der Waals surface area (Å²) in [5, 5.41) is 1.04. The Morgan fingerprint density at radius 3 is 2.48 bits per heavy atom. The molecule has 0 aliphatic rings. The zero-order valence-electron chi connectivity index (χ0n) is 13.0. The maximum absolute atomic E-state index is 11.3. The number of carbonyl (C=O) groups excluding carboxylic acids is 1. The fourth-order valence-electron chi connectivity index (χ4n) is 1.98. The number of ether oxygens (including phenoxy) is 3. The van der Waals surface area contributed by atoms with Gasteiger partial charge < -0.3 is 14.2 Å². The zero-order chi connectivity index (χ0) is 17.0. The summed E-state index contributed by atoms with van der Waals surface area (Å²) in [6.07, 6.45) is -0.784. The third-order valence-electron chi connectivity index (χ3n) is 3.31. The van der Waals surface area contributed by atoms with Crippen molar-refractivity contribution in [2.75, 3.05) is 7.11 Å². The normalized spacial score (nSPS) is 10.3. The van der Waals surface area contributed by atoms with Gasteiger partial charge in [-0.25, -0.2) is 4.79 Å². The first kappa shape index (κ1) is 17.4. The number of methoxy groups -OCH3 is 1. The Morgan fingerprint density at radius 1 is 1.04 bits per heavy atom. The molecule has 0 aliphatic carbocycles. The summed E-state index contributed by atoms with van der Waals surface area (Å²) >= 11 is 12.3. The Labute approximate surface area is 144 Å². The Bertz CT molecular complexity index is 729. The van der Waals surface area contributed by atoms with Crippen LogP contribution in [0.4, 0.5) is 4.79 Å². The van der Waals surface area contributed by atoms with E-state index in [-0.39, 0.29) is 6.61 Å². The van der Waals surface area contributed by atoms with E-state index < -0.39 is 6.16 Å². The second kappa shape index (κ2) is 7.57. The summed E-state index contributed by atoms with van der Waals surface area (Å²) in [4.78, 5) is 11.3. The molecule has 2 rings (SSSR count). The first-order chi connectivity index (χ1) is 10.9. The van der Waals surface area contributed by atoms with Crippen LogP contribution in [0.15, 0.2) is 30.3 Å². The van der Waals surface area contributed by atoms with Crippen molar-refractivity contribution < 1.29 is 19.0 Å². The zero-order valence-corrected chi connectivity index (χ0v) is 14.5. The molecule has 122 valence electrons. The third-order valence-corrected chi connectivity index (χ3v) is 4.01. The molecule has 0 bridgehead atoms. The molecular weight excluding hydrogens is 339 g/mol. The number of rotatable bonds is 4. The SMILES string of the molecule is COC(=O)Oc1cccc(C)c1COc1cc(Cl)c(C)cc1Cl. The van der Waals surface area contributed by atoms with Crippen molar-refractivity contribution in [2.24, 2.45) is 0 Å². The standard InChI is InChI=1S/C17H16Cl2O4/c1-10-5-4-6-15(23-17(20)21-3)12(10)9-22-16-8-13(18)11(2)7-14(16)19/h4-8H,9H2,1-3H3. The van der Waals surface area contributed by atoms with Crippen LogP contribution < -0.4 is 9.47 Å². The minimum absolute atomic E-state index is 0.179. The molecule has 0 atom stereocenters. The molecule has 0 amide bonds. The number of halogens is 2. The first-order valence-corrected chi connectivity index (χ1v) is 7.60. The monoisotopic (exact) mass is 354 g/mol. The van der Waals surface area contributed by atoms with E-state index in [2.05, 4.69) is 4.74 Å². The molecule has 0 saturated carbocycles. The molecule has 0 N–H and O–H groups in total. The van der Waals surface area contributed by atoms with Crippen LogP contribution in [0.25, 0.3) is 0 Å². The van der Waals surface area contributed by atoms with Gasteiger partial charge in [-0.15, -0.1) is 0 Å². The van der Waals surface area contributed by atoms with E-state index in [1.54, 1.807) is 24.3 Å². The molecule has 6 heteroatoms. The number of carbonyl (C=O) groups is 1. The Balaban J connectivity index is 2.23. The Morgan fingerprint density at radius 2 is 1.78 bits per heavy atom. The minimum atomic E-state index is -0.784. The van der Waals surface area contributed by atoms with Crippen molar-refractivity contribution in [1.82, 2.24) is 0 Å². The molecule has 4 nitrogen and oxygen atoms in total. The van der Waals surface area contributed by atoms with Crippen molar-refractivity contribution in [3.05, 3.63) is 57.1 Å². The third kappa shape index (κ3) is 4.30. The fraction of sp³-hybridized carbons (Fsp3) is 0.235. The fourth-order valence-corrected chi connectivity index (χ4v) is 2.40. The maximum Gasteiger partial charge on any atom is 0.513 e. The quantitative estimate of drug-likeness (QED) is 0.549. The van der Waals surface area contributed by atoms with Crippen LogP contribution in [0.2, 0.25) is 10.0 Å². The van der Waals surface area contributed by atoms with E-state index in [1.807, 2.05) is 19.9 Å². The van der Waals surface area contributed by atoms with Crippen LogP contribution in [0.1, 0.15) is 16.7 Å². The van der Waals surface area contributed by atoms with E-state index in [9.17, 15) is 4.79 Å². The molecule has 0 unspecified atom stereocenters. The summed E-state index contributed by atoms with van der Waals surface area (Å²) in [6, 6.07) is 8.76. The largest absolute Gasteiger partial charge is 0.513 e. The Hall–Kier alpha value is -1.91. The summed E-state index contributed by atoms with van der Waals surface area (Å²) in [7, 11) is 1.25. The lowest BCUT2D eigenvalue weighted by molar-refractivity contribution is 0.120. The van der Waals surface area contributed by atoms with Gasteiger partial charge in [0.2, 0.25) is 0 Å². The number of hydrogen-bond donors (Lipinski definition) is 0. The predicted molar refractivity (Wildman–Crippen MR) is 89.7 cm³/mol. The van der Waals surface area contributed by atoms with E-state index in [0.717, 1.165) is 16.7 Å². The highest BCUT2D eigenvalue weighted by molar-refractivity contribution is 6.34. The van der Waals surface area contributed by atoms with Crippen LogP contribution in [0, 0.1) is 13.8 Å². The predicted octanol–water partition coefficient (Wildman–Crippen LogP) is 5.33.